The largest absolute Gasteiger partial charge is 0.493 e. The number of hydrogen-bond acceptors (Lipinski definition) is 5. The van der Waals surface area contributed by atoms with Crippen molar-refractivity contribution in [3.8, 4) is 17.6 Å². The first-order valence-electron chi connectivity index (χ1n) is 10.7. The van der Waals surface area contributed by atoms with Gasteiger partial charge in [0, 0.05) is 18.3 Å². The van der Waals surface area contributed by atoms with Gasteiger partial charge in [-0.25, -0.2) is 9.59 Å². The van der Waals surface area contributed by atoms with E-state index in [0.29, 0.717) is 40.4 Å². The minimum absolute atomic E-state index is 0.103. The topological polar surface area (TPSA) is 112 Å². The second-order valence-electron chi connectivity index (χ2n) is 7.47. The van der Waals surface area contributed by atoms with Gasteiger partial charge in [0.15, 0.2) is 11.5 Å². The van der Waals surface area contributed by atoms with Crippen LogP contribution >= 0.6 is 0 Å². The molecule has 0 aliphatic heterocycles. The molecule has 0 aromatic heterocycles. The van der Waals surface area contributed by atoms with Crippen LogP contribution in [0.2, 0.25) is 0 Å². The Balaban J connectivity index is 2.00. The number of nitrogens with zero attached hydrogens (tertiary/aromatic N) is 2. The molecular weight excluding hydrogens is 446 g/mol. The van der Waals surface area contributed by atoms with E-state index in [4.69, 9.17) is 19.8 Å². The summed E-state index contributed by atoms with van der Waals surface area (Å²) in [6.45, 7) is 0.427. The fraction of sp³-hybridized carbons (Fsp3) is 0.148. The van der Waals surface area contributed by atoms with Gasteiger partial charge in [0.2, 0.25) is 0 Å². The van der Waals surface area contributed by atoms with E-state index >= 15 is 0 Å². The van der Waals surface area contributed by atoms with Crippen molar-refractivity contribution in [3.63, 3.8) is 0 Å². The molecule has 0 spiro atoms. The number of methoxy groups -OCH3 is 2. The number of benzene rings is 3. The predicted octanol–water partition coefficient (Wildman–Crippen LogP) is 4.59. The van der Waals surface area contributed by atoms with Crippen molar-refractivity contribution in [3.05, 3.63) is 95.1 Å². The predicted molar refractivity (Wildman–Crippen MR) is 132 cm³/mol. The first-order chi connectivity index (χ1) is 16.9. The summed E-state index contributed by atoms with van der Waals surface area (Å²) < 4.78 is 10.8. The number of urea groups is 1. The van der Waals surface area contributed by atoms with Crippen LogP contribution in [0, 0.1) is 11.3 Å². The van der Waals surface area contributed by atoms with Crippen molar-refractivity contribution < 1.29 is 24.2 Å². The van der Waals surface area contributed by atoms with Crippen molar-refractivity contribution in [2.24, 2.45) is 0 Å². The zero-order valence-corrected chi connectivity index (χ0v) is 19.4. The minimum atomic E-state index is -1.10. The SMILES string of the molecule is COc1cc(/C=C/C(=O)O)c(CN(C(=O)NCc2ccccc2)c2ccc(C#N)cc2)cc1OC. The van der Waals surface area contributed by atoms with Gasteiger partial charge in [-0.3, -0.25) is 4.90 Å². The summed E-state index contributed by atoms with van der Waals surface area (Å²) in [7, 11) is 2.99. The van der Waals surface area contributed by atoms with Crippen LogP contribution in [0.3, 0.4) is 0 Å². The molecule has 2 N–H and O–H groups in total. The number of nitrogens with one attached hydrogen (secondary N) is 1. The summed E-state index contributed by atoms with van der Waals surface area (Å²) in [5.74, 6) is -0.227. The highest BCUT2D eigenvalue weighted by atomic mass is 16.5. The summed E-state index contributed by atoms with van der Waals surface area (Å²) >= 11 is 0. The number of hydrogen-bond donors (Lipinski definition) is 2. The average molecular weight is 472 g/mol. The molecule has 178 valence electrons. The molecule has 0 radical (unpaired) electrons. The summed E-state index contributed by atoms with van der Waals surface area (Å²) in [4.78, 5) is 26.0. The maximum atomic E-state index is 13.3. The zero-order valence-electron chi connectivity index (χ0n) is 19.4. The number of carboxylic acids is 1. The molecule has 0 aliphatic rings. The van der Waals surface area contributed by atoms with Gasteiger partial charge >= 0.3 is 12.0 Å². The van der Waals surface area contributed by atoms with Gasteiger partial charge in [-0.2, -0.15) is 5.26 Å². The lowest BCUT2D eigenvalue weighted by atomic mass is 10.0. The monoisotopic (exact) mass is 471 g/mol. The average Bonchev–Trinajstić information content (AvgIpc) is 2.89. The lowest BCUT2D eigenvalue weighted by Crippen LogP contribution is -2.39. The van der Waals surface area contributed by atoms with E-state index in [0.717, 1.165) is 11.6 Å². The second kappa shape index (κ2) is 11.9. The Labute approximate surface area is 203 Å². The van der Waals surface area contributed by atoms with Crippen LogP contribution < -0.4 is 19.7 Å². The number of amides is 2. The van der Waals surface area contributed by atoms with Gasteiger partial charge in [0.1, 0.15) is 0 Å². The molecule has 0 atom stereocenters. The van der Waals surface area contributed by atoms with Crippen molar-refractivity contribution >= 4 is 23.8 Å². The standard InChI is InChI=1S/C27H25N3O5/c1-34-24-14-21(10-13-26(31)32)22(15-25(24)35-2)18-30(23-11-8-19(16-28)9-12-23)27(33)29-17-20-6-4-3-5-7-20/h3-15H,17-18H2,1-2H3,(H,29,33)(H,31,32)/b13-10+. The first-order valence-corrected chi connectivity index (χ1v) is 10.7. The molecule has 2 amide bonds. The molecule has 0 aliphatic carbocycles. The summed E-state index contributed by atoms with van der Waals surface area (Å²) in [5.41, 5.74) is 3.17. The lowest BCUT2D eigenvalue weighted by Gasteiger charge is -2.25. The van der Waals surface area contributed by atoms with Gasteiger partial charge < -0.3 is 19.9 Å². The molecule has 8 nitrogen and oxygen atoms in total. The number of nitriles is 1. The molecule has 3 aromatic carbocycles. The molecule has 0 saturated heterocycles. The molecule has 0 bridgehead atoms. The molecule has 3 aromatic rings. The van der Waals surface area contributed by atoms with E-state index in [-0.39, 0.29) is 12.6 Å². The van der Waals surface area contributed by atoms with Crippen LogP contribution in [-0.4, -0.2) is 31.3 Å². The molecule has 3 rings (SSSR count). The van der Waals surface area contributed by atoms with Crippen molar-refractivity contribution in [1.29, 1.82) is 5.26 Å². The number of ether oxygens (including phenoxy) is 2. The van der Waals surface area contributed by atoms with Crippen molar-refractivity contribution in [1.82, 2.24) is 5.32 Å². The van der Waals surface area contributed by atoms with E-state index in [1.54, 1.807) is 36.4 Å². The molecule has 0 saturated carbocycles. The van der Waals surface area contributed by atoms with E-state index in [2.05, 4.69) is 11.4 Å². The molecular formula is C27H25N3O5. The third-order valence-corrected chi connectivity index (χ3v) is 5.22. The van der Waals surface area contributed by atoms with E-state index in [1.807, 2.05) is 30.3 Å². The minimum Gasteiger partial charge on any atom is -0.493 e. The summed E-state index contributed by atoms with van der Waals surface area (Å²) in [5, 5.41) is 21.2. The van der Waals surface area contributed by atoms with Crippen LogP contribution in [0.4, 0.5) is 10.5 Å². The van der Waals surface area contributed by atoms with Crippen LogP contribution in [0.25, 0.3) is 6.08 Å². The number of aliphatic carboxylic acids is 1. The van der Waals surface area contributed by atoms with Gasteiger partial charge in [0.25, 0.3) is 0 Å². The van der Waals surface area contributed by atoms with Crippen LogP contribution in [-0.2, 0) is 17.9 Å². The highest BCUT2D eigenvalue weighted by Gasteiger charge is 2.19. The summed E-state index contributed by atoms with van der Waals surface area (Å²) in [6.07, 6.45) is 2.46. The Bertz CT molecular complexity index is 1250. The first kappa shape index (κ1) is 24.9. The molecule has 0 fully saturated rings. The van der Waals surface area contributed by atoms with Crippen LogP contribution in [0.1, 0.15) is 22.3 Å². The Morgan fingerprint density at radius 1 is 1.03 bits per heavy atom. The quantitative estimate of drug-likeness (QED) is 0.442. The molecule has 0 heterocycles. The van der Waals surface area contributed by atoms with Crippen molar-refractivity contribution in [2.45, 2.75) is 13.1 Å². The number of rotatable bonds is 9. The van der Waals surface area contributed by atoms with Crippen LogP contribution in [0.5, 0.6) is 11.5 Å². The van der Waals surface area contributed by atoms with E-state index in [1.165, 1.54) is 25.2 Å². The van der Waals surface area contributed by atoms with Crippen molar-refractivity contribution in [2.75, 3.05) is 19.1 Å². The fourth-order valence-corrected chi connectivity index (χ4v) is 3.43. The second-order valence-corrected chi connectivity index (χ2v) is 7.47. The fourth-order valence-electron chi connectivity index (χ4n) is 3.43. The Morgan fingerprint density at radius 2 is 1.69 bits per heavy atom. The van der Waals surface area contributed by atoms with Gasteiger partial charge in [-0.1, -0.05) is 30.3 Å². The Hall–Kier alpha value is -4.77. The maximum absolute atomic E-state index is 13.3. The smallest absolute Gasteiger partial charge is 0.328 e. The summed E-state index contributed by atoms with van der Waals surface area (Å²) in [6, 6.07) is 21.2. The highest BCUT2D eigenvalue weighted by Crippen LogP contribution is 2.33. The highest BCUT2D eigenvalue weighted by molar-refractivity contribution is 5.92. The molecule has 35 heavy (non-hydrogen) atoms. The van der Waals surface area contributed by atoms with Gasteiger partial charge in [0.05, 0.1) is 32.4 Å². The third-order valence-electron chi connectivity index (χ3n) is 5.22. The van der Waals surface area contributed by atoms with Crippen LogP contribution in [0.15, 0.2) is 72.8 Å². The zero-order chi connectivity index (χ0) is 25.2. The number of carbonyl (C=O) groups is 2. The van der Waals surface area contributed by atoms with E-state index < -0.39 is 5.97 Å². The molecule has 8 heteroatoms. The molecule has 0 unspecified atom stereocenters. The number of carboxylic acid groups (broad SMARTS) is 1. The Kier molecular flexibility index (Phi) is 8.46. The van der Waals surface area contributed by atoms with E-state index in [9.17, 15) is 9.59 Å². The number of anilines is 1. The maximum Gasteiger partial charge on any atom is 0.328 e. The van der Waals surface area contributed by atoms with Gasteiger partial charge in [-0.05, 0) is 59.2 Å². The van der Waals surface area contributed by atoms with Gasteiger partial charge in [-0.15, -0.1) is 0 Å². The third kappa shape index (κ3) is 6.62. The normalized spacial score (nSPS) is 10.4. The Morgan fingerprint density at radius 3 is 2.29 bits per heavy atom. The lowest BCUT2D eigenvalue weighted by molar-refractivity contribution is -0.131. The number of carbonyl (C=O) groups excluding carboxylic acids is 1.